The van der Waals surface area contributed by atoms with E-state index in [4.69, 9.17) is 23.2 Å². The van der Waals surface area contributed by atoms with Crippen molar-refractivity contribution in [2.24, 2.45) is 5.92 Å². The molecule has 1 aromatic carbocycles. The zero-order valence-electron chi connectivity index (χ0n) is 11.2. The number of carbonyl (C=O) groups is 1. The molecule has 1 amide bonds. The van der Waals surface area contributed by atoms with Crippen LogP contribution in [0.3, 0.4) is 0 Å². The fraction of sp³-hybridized carbons (Fsp3) is 0.462. The number of hydrogen-bond acceptors (Lipinski definition) is 3. The Bertz CT molecular complexity index is 608. The largest absolute Gasteiger partial charge is 0.277 e. The predicted molar refractivity (Wildman–Crippen MR) is 81.5 cm³/mol. The number of nitrogens with one attached hydrogen (secondary N) is 2. The average molecular weight is 351 g/mol. The van der Waals surface area contributed by atoms with Crippen LogP contribution in [0.5, 0.6) is 0 Å². The van der Waals surface area contributed by atoms with E-state index in [0.717, 1.165) is 32.1 Å². The number of rotatable bonds is 4. The van der Waals surface area contributed by atoms with Gasteiger partial charge in [0.05, 0.1) is 4.90 Å². The summed E-state index contributed by atoms with van der Waals surface area (Å²) in [4.78, 5) is 13.9. The van der Waals surface area contributed by atoms with E-state index < -0.39 is 10.0 Å². The Hall–Kier alpha value is -0.820. The van der Waals surface area contributed by atoms with Crippen LogP contribution in [0.25, 0.3) is 0 Å². The summed E-state index contributed by atoms with van der Waals surface area (Å²) in [6.07, 6.45) is 4.69. The van der Waals surface area contributed by atoms with Crippen molar-refractivity contribution in [1.82, 2.24) is 10.3 Å². The molecule has 116 valence electrons. The molecule has 0 aliphatic heterocycles. The lowest BCUT2D eigenvalue weighted by atomic mass is 9.89. The molecule has 0 unspecified atom stereocenters. The zero-order valence-corrected chi connectivity index (χ0v) is 13.6. The first kappa shape index (κ1) is 16.5. The van der Waals surface area contributed by atoms with Gasteiger partial charge < -0.3 is 0 Å². The standard InChI is InChI=1S/C13H16Cl2N2O3S/c14-10-6-11(15)8-12(7-10)21(19,20)17-16-13(18)9-4-2-1-3-5-9/h6-9,17H,1-5H2,(H,16,18). The summed E-state index contributed by atoms with van der Waals surface area (Å²) in [5.41, 5.74) is 2.27. The minimum absolute atomic E-state index is 0.0936. The highest BCUT2D eigenvalue weighted by Crippen LogP contribution is 2.24. The number of hydrazine groups is 1. The molecule has 2 N–H and O–H groups in total. The van der Waals surface area contributed by atoms with Crippen LogP contribution in [0, 0.1) is 5.92 Å². The van der Waals surface area contributed by atoms with E-state index in [9.17, 15) is 13.2 Å². The van der Waals surface area contributed by atoms with Crippen molar-refractivity contribution in [3.63, 3.8) is 0 Å². The van der Waals surface area contributed by atoms with Crippen molar-refractivity contribution >= 4 is 39.1 Å². The van der Waals surface area contributed by atoms with E-state index in [0.29, 0.717) is 0 Å². The lowest BCUT2D eigenvalue weighted by molar-refractivity contribution is -0.126. The van der Waals surface area contributed by atoms with Crippen LogP contribution in [0.15, 0.2) is 23.1 Å². The Labute approximate surface area is 134 Å². The highest BCUT2D eigenvalue weighted by Gasteiger charge is 2.23. The third-order valence-electron chi connectivity index (χ3n) is 3.43. The van der Waals surface area contributed by atoms with Crippen LogP contribution >= 0.6 is 23.2 Å². The molecule has 0 aromatic heterocycles. The molecule has 0 spiro atoms. The molecule has 1 aliphatic carbocycles. The van der Waals surface area contributed by atoms with Crippen molar-refractivity contribution in [3.8, 4) is 0 Å². The molecule has 2 rings (SSSR count). The van der Waals surface area contributed by atoms with Crippen LogP contribution in [-0.4, -0.2) is 14.3 Å². The van der Waals surface area contributed by atoms with Crippen molar-refractivity contribution in [2.75, 3.05) is 0 Å². The van der Waals surface area contributed by atoms with E-state index in [1.807, 2.05) is 0 Å². The van der Waals surface area contributed by atoms with Gasteiger partial charge in [0, 0.05) is 16.0 Å². The summed E-state index contributed by atoms with van der Waals surface area (Å²) in [6.45, 7) is 0. The Morgan fingerprint density at radius 3 is 2.19 bits per heavy atom. The monoisotopic (exact) mass is 350 g/mol. The highest BCUT2D eigenvalue weighted by atomic mass is 35.5. The second-order valence-electron chi connectivity index (χ2n) is 5.03. The predicted octanol–water partition coefficient (Wildman–Crippen LogP) is 2.88. The zero-order chi connectivity index (χ0) is 15.5. The van der Waals surface area contributed by atoms with E-state index in [1.54, 1.807) is 0 Å². The van der Waals surface area contributed by atoms with Gasteiger partial charge in [0.1, 0.15) is 0 Å². The molecule has 0 heterocycles. The maximum Gasteiger partial charge on any atom is 0.257 e. The van der Waals surface area contributed by atoms with Crippen molar-refractivity contribution in [2.45, 2.75) is 37.0 Å². The Morgan fingerprint density at radius 1 is 1.05 bits per heavy atom. The first-order chi connectivity index (χ1) is 9.88. The van der Waals surface area contributed by atoms with E-state index >= 15 is 0 Å². The van der Waals surface area contributed by atoms with Crippen LogP contribution in [0.1, 0.15) is 32.1 Å². The summed E-state index contributed by atoms with van der Waals surface area (Å²) >= 11 is 11.6. The molecular formula is C13H16Cl2N2O3S. The quantitative estimate of drug-likeness (QED) is 0.819. The van der Waals surface area contributed by atoms with Gasteiger partial charge in [-0.1, -0.05) is 42.5 Å². The molecule has 0 radical (unpaired) electrons. The molecule has 1 aliphatic rings. The molecule has 1 fully saturated rings. The maximum absolute atomic E-state index is 12.1. The summed E-state index contributed by atoms with van der Waals surface area (Å²) in [7, 11) is -3.89. The molecule has 1 aromatic rings. The molecule has 8 heteroatoms. The van der Waals surface area contributed by atoms with E-state index in [1.165, 1.54) is 18.2 Å². The normalized spacial score (nSPS) is 16.7. The van der Waals surface area contributed by atoms with Gasteiger partial charge >= 0.3 is 0 Å². The van der Waals surface area contributed by atoms with Gasteiger partial charge in [-0.3, -0.25) is 10.2 Å². The smallest absolute Gasteiger partial charge is 0.257 e. The third kappa shape index (κ3) is 4.57. The Balaban J connectivity index is 2.02. The third-order valence-corrected chi connectivity index (χ3v) is 5.09. The minimum Gasteiger partial charge on any atom is -0.277 e. The van der Waals surface area contributed by atoms with Crippen molar-refractivity contribution in [3.05, 3.63) is 28.2 Å². The topological polar surface area (TPSA) is 75.3 Å². The Morgan fingerprint density at radius 2 is 1.62 bits per heavy atom. The van der Waals surface area contributed by atoms with Gasteiger partial charge in [-0.05, 0) is 31.0 Å². The number of sulfonamides is 1. The maximum atomic E-state index is 12.1. The number of amides is 1. The van der Waals surface area contributed by atoms with Crippen LogP contribution < -0.4 is 10.3 Å². The molecular weight excluding hydrogens is 335 g/mol. The summed E-state index contributed by atoms with van der Waals surface area (Å²) in [5.74, 6) is -0.434. The van der Waals surface area contributed by atoms with Crippen LogP contribution in [0.2, 0.25) is 10.0 Å². The SMILES string of the molecule is O=C(NNS(=O)(=O)c1cc(Cl)cc(Cl)c1)C1CCCCC1. The number of benzene rings is 1. The van der Waals surface area contributed by atoms with E-state index in [2.05, 4.69) is 10.3 Å². The van der Waals surface area contributed by atoms with Gasteiger partial charge in [0.15, 0.2) is 0 Å². The Kier molecular flexibility index (Phi) is 5.48. The van der Waals surface area contributed by atoms with Crippen LogP contribution in [0.4, 0.5) is 0 Å². The summed E-state index contributed by atoms with van der Waals surface area (Å²) in [6, 6.07) is 3.97. The molecule has 0 saturated heterocycles. The second kappa shape index (κ2) is 6.96. The fourth-order valence-electron chi connectivity index (χ4n) is 2.33. The lowest BCUT2D eigenvalue weighted by Gasteiger charge is -2.20. The van der Waals surface area contributed by atoms with Gasteiger partial charge in [-0.15, -0.1) is 4.83 Å². The molecule has 0 bridgehead atoms. The molecule has 21 heavy (non-hydrogen) atoms. The van der Waals surface area contributed by atoms with Crippen molar-refractivity contribution in [1.29, 1.82) is 0 Å². The van der Waals surface area contributed by atoms with Crippen molar-refractivity contribution < 1.29 is 13.2 Å². The molecule has 1 saturated carbocycles. The average Bonchev–Trinajstić information content (AvgIpc) is 2.45. The summed E-state index contributed by atoms with van der Waals surface area (Å²) < 4.78 is 24.2. The first-order valence-corrected chi connectivity index (χ1v) is 8.90. The first-order valence-electron chi connectivity index (χ1n) is 6.66. The summed E-state index contributed by atoms with van der Waals surface area (Å²) in [5, 5.41) is 0.419. The number of carbonyl (C=O) groups excluding carboxylic acids is 1. The highest BCUT2D eigenvalue weighted by molar-refractivity contribution is 7.89. The second-order valence-corrected chi connectivity index (χ2v) is 7.59. The van der Waals surface area contributed by atoms with Gasteiger partial charge in [-0.25, -0.2) is 8.42 Å². The molecule has 0 atom stereocenters. The van der Waals surface area contributed by atoms with E-state index in [-0.39, 0.29) is 26.8 Å². The fourth-order valence-corrected chi connectivity index (χ4v) is 3.90. The number of halogens is 2. The van der Waals surface area contributed by atoms with Gasteiger partial charge in [0.2, 0.25) is 5.91 Å². The van der Waals surface area contributed by atoms with Gasteiger partial charge in [-0.2, -0.15) is 0 Å². The lowest BCUT2D eigenvalue weighted by Crippen LogP contribution is -2.44. The van der Waals surface area contributed by atoms with Gasteiger partial charge in [0.25, 0.3) is 10.0 Å². The minimum atomic E-state index is -3.89. The molecule has 5 nitrogen and oxygen atoms in total. The van der Waals surface area contributed by atoms with Crippen LogP contribution in [-0.2, 0) is 14.8 Å². The number of hydrogen-bond donors (Lipinski definition) is 2.